The van der Waals surface area contributed by atoms with Gasteiger partial charge in [0.25, 0.3) is 0 Å². The van der Waals surface area contributed by atoms with Gasteiger partial charge in [0.1, 0.15) is 5.75 Å². The summed E-state index contributed by atoms with van der Waals surface area (Å²) in [6, 6.07) is 3.56. The highest BCUT2D eigenvalue weighted by Gasteiger charge is 2.18. The van der Waals surface area contributed by atoms with Gasteiger partial charge in [-0.15, -0.1) is 0 Å². The molecule has 0 atom stereocenters. The first-order valence-corrected chi connectivity index (χ1v) is 6.56. The van der Waals surface area contributed by atoms with Crippen LogP contribution in [0.3, 0.4) is 0 Å². The Balaban J connectivity index is 2.06. The van der Waals surface area contributed by atoms with Gasteiger partial charge in [-0.1, -0.05) is 0 Å². The van der Waals surface area contributed by atoms with Gasteiger partial charge < -0.3 is 29.0 Å². The van der Waals surface area contributed by atoms with E-state index < -0.39 is 5.97 Å². The van der Waals surface area contributed by atoms with E-state index in [1.165, 1.54) is 7.11 Å². The van der Waals surface area contributed by atoms with E-state index in [2.05, 4.69) is 10.1 Å². The van der Waals surface area contributed by atoms with Gasteiger partial charge in [0, 0.05) is 31.8 Å². The molecule has 2 rings (SSSR count). The molecule has 0 fully saturated rings. The van der Waals surface area contributed by atoms with Crippen molar-refractivity contribution in [2.24, 2.45) is 0 Å². The Bertz CT molecular complexity index is 491. The summed E-state index contributed by atoms with van der Waals surface area (Å²) in [4.78, 5) is 11.2. The van der Waals surface area contributed by atoms with Crippen LogP contribution < -0.4 is 19.5 Å². The Morgan fingerprint density at radius 1 is 1.29 bits per heavy atom. The third-order valence-electron chi connectivity index (χ3n) is 2.93. The van der Waals surface area contributed by atoms with E-state index in [9.17, 15) is 4.79 Å². The third kappa shape index (κ3) is 4.24. The van der Waals surface area contributed by atoms with Crippen molar-refractivity contribution in [3.05, 3.63) is 17.7 Å². The summed E-state index contributed by atoms with van der Waals surface area (Å²) in [5, 5.41) is 3.22. The van der Waals surface area contributed by atoms with E-state index in [4.69, 9.17) is 18.9 Å². The monoisotopic (exact) mass is 297 g/mol. The lowest BCUT2D eigenvalue weighted by molar-refractivity contribution is -0.142. The topological polar surface area (TPSA) is 75.3 Å². The van der Waals surface area contributed by atoms with Crippen LogP contribution in [0.25, 0.3) is 0 Å². The van der Waals surface area contributed by atoms with Crippen molar-refractivity contribution in [3.8, 4) is 17.2 Å². The van der Waals surface area contributed by atoms with Crippen LogP contribution in [-0.2, 0) is 20.8 Å². The molecule has 0 saturated heterocycles. The fourth-order valence-corrected chi connectivity index (χ4v) is 1.83. The van der Waals surface area contributed by atoms with Gasteiger partial charge in [0.2, 0.25) is 6.79 Å². The second-order valence-corrected chi connectivity index (χ2v) is 4.35. The average Bonchev–Trinajstić information content (AvgIpc) is 2.95. The van der Waals surface area contributed by atoms with Gasteiger partial charge in [0.05, 0.1) is 13.7 Å². The number of methoxy groups -OCH3 is 2. The molecule has 1 aromatic carbocycles. The minimum Gasteiger partial charge on any atom is -0.481 e. The van der Waals surface area contributed by atoms with Crippen LogP contribution >= 0.6 is 0 Å². The lowest BCUT2D eigenvalue weighted by Gasteiger charge is -2.12. The number of ether oxygens (including phenoxy) is 5. The smallest absolute Gasteiger partial charge is 0.343 e. The summed E-state index contributed by atoms with van der Waals surface area (Å²) < 4.78 is 25.7. The molecule has 0 radical (unpaired) electrons. The fourth-order valence-electron chi connectivity index (χ4n) is 1.83. The molecule has 0 aliphatic carbocycles. The van der Waals surface area contributed by atoms with Crippen LogP contribution in [0, 0.1) is 0 Å². The normalized spacial score (nSPS) is 12.3. The summed E-state index contributed by atoms with van der Waals surface area (Å²) in [7, 11) is 2.96. The van der Waals surface area contributed by atoms with Gasteiger partial charge in [0.15, 0.2) is 18.1 Å². The number of nitrogens with one attached hydrogen (secondary N) is 1. The number of rotatable bonds is 8. The van der Waals surface area contributed by atoms with Crippen LogP contribution in [0.4, 0.5) is 0 Å². The third-order valence-corrected chi connectivity index (χ3v) is 2.93. The van der Waals surface area contributed by atoms with Crippen LogP contribution in [-0.4, -0.2) is 46.7 Å². The first-order valence-electron chi connectivity index (χ1n) is 6.56. The highest BCUT2D eigenvalue weighted by Crippen LogP contribution is 2.38. The fraction of sp³-hybridized carbons (Fsp3) is 0.500. The molecule has 0 bridgehead atoms. The number of esters is 1. The minimum atomic E-state index is -0.439. The lowest BCUT2D eigenvalue weighted by Crippen LogP contribution is -2.20. The highest BCUT2D eigenvalue weighted by atomic mass is 16.7. The van der Waals surface area contributed by atoms with Crippen molar-refractivity contribution >= 4 is 5.97 Å². The summed E-state index contributed by atoms with van der Waals surface area (Å²) in [6.07, 6.45) is 0. The minimum absolute atomic E-state index is 0.152. The molecular weight excluding hydrogens is 278 g/mol. The standard InChI is InChI=1S/C14H19NO6/c1-17-4-3-15-7-10-5-12-13(21-9-20-12)6-11(10)19-8-14(16)18-2/h5-6,15H,3-4,7-9H2,1-2H3. The lowest BCUT2D eigenvalue weighted by atomic mass is 10.1. The van der Waals surface area contributed by atoms with Gasteiger partial charge in [-0.3, -0.25) is 0 Å². The summed E-state index contributed by atoms with van der Waals surface area (Å²) in [5.41, 5.74) is 0.874. The zero-order chi connectivity index (χ0) is 15.1. The molecular formula is C14H19NO6. The molecule has 0 saturated carbocycles. The van der Waals surface area contributed by atoms with E-state index in [1.54, 1.807) is 13.2 Å². The Hall–Kier alpha value is -1.99. The number of carbonyl (C=O) groups is 1. The van der Waals surface area contributed by atoms with Crippen molar-refractivity contribution in [1.82, 2.24) is 5.32 Å². The van der Waals surface area contributed by atoms with Crippen molar-refractivity contribution < 1.29 is 28.5 Å². The van der Waals surface area contributed by atoms with E-state index in [-0.39, 0.29) is 13.4 Å². The van der Waals surface area contributed by atoms with Gasteiger partial charge in [-0.25, -0.2) is 4.79 Å². The molecule has 0 unspecified atom stereocenters. The van der Waals surface area contributed by atoms with Gasteiger partial charge >= 0.3 is 5.97 Å². The average molecular weight is 297 g/mol. The predicted octanol–water partition coefficient (Wildman–Crippen LogP) is 0.703. The van der Waals surface area contributed by atoms with Gasteiger partial charge in [-0.2, -0.15) is 0 Å². The second-order valence-electron chi connectivity index (χ2n) is 4.35. The van der Waals surface area contributed by atoms with Crippen molar-refractivity contribution in [2.75, 3.05) is 40.8 Å². The van der Waals surface area contributed by atoms with Crippen LogP contribution in [0.2, 0.25) is 0 Å². The molecule has 21 heavy (non-hydrogen) atoms. The number of carbonyl (C=O) groups excluding carboxylic acids is 1. The maximum Gasteiger partial charge on any atom is 0.343 e. The second kappa shape index (κ2) is 7.70. The van der Waals surface area contributed by atoms with Crippen LogP contribution in [0.15, 0.2) is 12.1 Å². The first kappa shape index (κ1) is 15.4. The van der Waals surface area contributed by atoms with Crippen LogP contribution in [0.5, 0.6) is 17.2 Å². The summed E-state index contributed by atoms with van der Waals surface area (Å²) >= 11 is 0. The molecule has 7 heteroatoms. The molecule has 0 spiro atoms. The van der Waals surface area contributed by atoms with Crippen LogP contribution in [0.1, 0.15) is 5.56 Å². The Morgan fingerprint density at radius 3 is 2.76 bits per heavy atom. The SMILES string of the molecule is COCCNCc1cc2c(cc1OCC(=O)OC)OCO2. The molecule has 1 aliphatic rings. The van der Waals surface area contributed by atoms with Gasteiger partial charge in [-0.05, 0) is 6.07 Å². The molecule has 0 amide bonds. The summed E-state index contributed by atoms with van der Waals surface area (Å²) in [5.74, 6) is 1.40. The zero-order valence-corrected chi connectivity index (χ0v) is 12.1. The Morgan fingerprint density at radius 2 is 2.05 bits per heavy atom. The van der Waals surface area contributed by atoms with E-state index in [1.807, 2.05) is 6.07 Å². The molecule has 1 N–H and O–H groups in total. The predicted molar refractivity (Wildman–Crippen MR) is 73.7 cm³/mol. The number of benzene rings is 1. The number of hydrogen-bond acceptors (Lipinski definition) is 7. The molecule has 116 valence electrons. The maximum atomic E-state index is 11.2. The van der Waals surface area contributed by atoms with E-state index >= 15 is 0 Å². The van der Waals surface area contributed by atoms with Crippen molar-refractivity contribution in [3.63, 3.8) is 0 Å². The van der Waals surface area contributed by atoms with E-state index in [0.29, 0.717) is 36.9 Å². The Labute approximate surface area is 123 Å². The van der Waals surface area contributed by atoms with Crippen molar-refractivity contribution in [1.29, 1.82) is 0 Å². The Kier molecular flexibility index (Phi) is 5.65. The molecule has 1 aliphatic heterocycles. The molecule has 1 heterocycles. The van der Waals surface area contributed by atoms with Crippen molar-refractivity contribution in [2.45, 2.75) is 6.54 Å². The zero-order valence-electron chi connectivity index (χ0n) is 12.1. The quantitative estimate of drug-likeness (QED) is 0.559. The number of hydrogen-bond donors (Lipinski definition) is 1. The molecule has 1 aromatic rings. The van der Waals surface area contributed by atoms with E-state index in [0.717, 1.165) is 5.56 Å². The highest BCUT2D eigenvalue weighted by molar-refractivity contribution is 5.71. The first-order chi connectivity index (χ1) is 10.2. The maximum absolute atomic E-state index is 11.2. The molecule has 0 aromatic heterocycles. The molecule has 7 nitrogen and oxygen atoms in total. The largest absolute Gasteiger partial charge is 0.481 e. The number of fused-ring (bicyclic) bond motifs is 1. The summed E-state index contributed by atoms with van der Waals surface area (Å²) in [6.45, 7) is 1.92.